The van der Waals surface area contributed by atoms with E-state index in [9.17, 15) is 5.11 Å². The minimum absolute atomic E-state index is 0.313. The van der Waals surface area contributed by atoms with Crippen LogP contribution in [0.3, 0.4) is 0 Å². The van der Waals surface area contributed by atoms with Crippen molar-refractivity contribution in [3.05, 3.63) is 59.0 Å². The summed E-state index contributed by atoms with van der Waals surface area (Å²) in [6.45, 7) is 1.91. The van der Waals surface area contributed by atoms with Crippen molar-refractivity contribution in [3.8, 4) is 0 Å². The van der Waals surface area contributed by atoms with Gasteiger partial charge in [-0.1, -0.05) is 12.1 Å². The van der Waals surface area contributed by atoms with E-state index >= 15 is 0 Å². The Kier molecular flexibility index (Phi) is 2.08. The molecule has 0 aliphatic carbocycles. The predicted octanol–water partition coefficient (Wildman–Crippen LogP) is 3.55. The number of fused-ring (bicyclic) bond motifs is 5. The van der Waals surface area contributed by atoms with Crippen molar-refractivity contribution in [1.29, 1.82) is 0 Å². The van der Waals surface area contributed by atoms with E-state index in [-0.39, 0.29) is 0 Å². The molecule has 0 bridgehead atoms. The van der Waals surface area contributed by atoms with Gasteiger partial charge in [0, 0.05) is 17.2 Å². The Morgan fingerprint density at radius 1 is 1.26 bits per heavy atom. The molecular formula is C14H11N3OS. The van der Waals surface area contributed by atoms with Crippen LogP contribution >= 0.6 is 11.9 Å². The highest BCUT2D eigenvalue weighted by Crippen LogP contribution is 2.39. The van der Waals surface area contributed by atoms with Gasteiger partial charge in [0.25, 0.3) is 0 Å². The average molecular weight is 269 g/mol. The van der Waals surface area contributed by atoms with E-state index < -0.39 is 0 Å². The van der Waals surface area contributed by atoms with Gasteiger partial charge in [-0.25, -0.2) is 8.96 Å². The van der Waals surface area contributed by atoms with Gasteiger partial charge in [-0.3, -0.25) is 4.90 Å². The highest BCUT2D eigenvalue weighted by Gasteiger charge is 2.26. The number of rotatable bonds is 0. The summed E-state index contributed by atoms with van der Waals surface area (Å²) < 4.78 is 2.10. The molecule has 5 heteroatoms. The van der Waals surface area contributed by atoms with Crippen LogP contribution in [-0.4, -0.2) is 14.1 Å². The van der Waals surface area contributed by atoms with Crippen LogP contribution in [0.25, 0.3) is 11.0 Å². The van der Waals surface area contributed by atoms with Crippen molar-refractivity contribution in [1.82, 2.24) is 8.96 Å². The zero-order chi connectivity index (χ0) is 13.0. The molecule has 4 rings (SSSR count). The standard InChI is InChI=1S/C14H11N3OS/c1-9-12-8-19-17-11-5-3-2-4-10(11)15-14(17)16(12)7-6-13(9)18/h2-8,18H,1H3. The highest BCUT2D eigenvalue weighted by molar-refractivity contribution is 8.01. The van der Waals surface area contributed by atoms with E-state index in [2.05, 4.69) is 15.0 Å². The minimum Gasteiger partial charge on any atom is -0.508 e. The summed E-state index contributed by atoms with van der Waals surface area (Å²) in [6, 6.07) is 8.07. The molecule has 94 valence electrons. The Hall–Kier alpha value is -2.14. The highest BCUT2D eigenvalue weighted by atomic mass is 32.2. The summed E-state index contributed by atoms with van der Waals surface area (Å²) in [6.07, 6.45) is 3.55. The summed E-state index contributed by atoms with van der Waals surface area (Å²) in [5, 5.41) is 11.8. The van der Waals surface area contributed by atoms with Crippen molar-refractivity contribution >= 4 is 28.9 Å². The van der Waals surface area contributed by atoms with E-state index in [0.29, 0.717) is 5.76 Å². The molecule has 19 heavy (non-hydrogen) atoms. The first-order chi connectivity index (χ1) is 9.25. The number of nitrogens with zero attached hydrogens (tertiary/aromatic N) is 3. The van der Waals surface area contributed by atoms with Gasteiger partial charge in [0.05, 0.1) is 16.7 Å². The Balaban J connectivity index is 1.95. The molecule has 0 atom stereocenters. The first-order valence-corrected chi connectivity index (χ1v) is 6.82. The molecule has 0 saturated heterocycles. The van der Waals surface area contributed by atoms with Gasteiger partial charge >= 0.3 is 0 Å². The smallest absolute Gasteiger partial charge is 0.226 e. The number of para-hydroxylation sites is 2. The number of allylic oxidation sites excluding steroid dienone is 2. The molecule has 2 aromatic rings. The molecule has 0 unspecified atom stereocenters. The molecular weight excluding hydrogens is 258 g/mol. The second-order valence-electron chi connectivity index (χ2n) is 4.50. The molecule has 0 radical (unpaired) electrons. The van der Waals surface area contributed by atoms with Gasteiger partial charge in [-0.05, 0) is 37.1 Å². The number of aliphatic hydroxyl groups excluding tert-OH is 1. The molecule has 1 aromatic heterocycles. The maximum absolute atomic E-state index is 9.79. The van der Waals surface area contributed by atoms with Gasteiger partial charge in [-0.15, -0.1) is 0 Å². The first kappa shape index (κ1) is 10.8. The lowest BCUT2D eigenvalue weighted by molar-refractivity contribution is 0.424. The van der Waals surface area contributed by atoms with Crippen LogP contribution in [0.15, 0.2) is 59.0 Å². The fourth-order valence-electron chi connectivity index (χ4n) is 2.33. The maximum atomic E-state index is 9.79. The normalized spacial score (nSPS) is 17.5. The number of hydrogen-bond acceptors (Lipinski definition) is 4. The average Bonchev–Trinajstić information content (AvgIpc) is 2.81. The van der Waals surface area contributed by atoms with Crippen molar-refractivity contribution in [2.45, 2.75) is 6.92 Å². The van der Waals surface area contributed by atoms with Crippen LogP contribution in [-0.2, 0) is 0 Å². The summed E-state index contributed by atoms with van der Waals surface area (Å²) in [5.41, 5.74) is 3.92. The Morgan fingerprint density at radius 3 is 3.00 bits per heavy atom. The molecule has 2 aliphatic heterocycles. The summed E-state index contributed by atoms with van der Waals surface area (Å²) in [4.78, 5) is 6.67. The number of imidazole rings is 1. The largest absolute Gasteiger partial charge is 0.508 e. The fourth-order valence-corrected chi connectivity index (χ4v) is 3.32. The zero-order valence-electron chi connectivity index (χ0n) is 10.2. The lowest BCUT2D eigenvalue weighted by Gasteiger charge is -2.29. The monoisotopic (exact) mass is 269 g/mol. The quantitative estimate of drug-likeness (QED) is 0.794. The number of benzene rings is 1. The number of hydrogen-bond donors (Lipinski definition) is 1. The Morgan fingerprint density at radius 2 is 2.11 bits per heavy atom. The molecule has 3 heterocycles. The molecule has 0 fully saturated rings. The minimum atomic E-state index is 0.313. The van der Waals surface area contributed by atoms with Crippen LogP contribution in [0.5, 0.6) is 0 Å². The second kappa shape index (κ2) is 3.68. The third-order valence-corrected chi connectivity index (χ3v) is 4.30. The van der Waals surface area contributed by atoms with E-state index in [1.165, 1.54) is 0 Å². The van der Waals surface area contributed by atoms with E-state index in [4.69, 9.17) is 0 Å². The van der Waals surface area contributed by atoms with Crippen molar-refractivity contribution in [3.63, 3.8) is 0 Å². The van der Waals surface area contributed by atoms with Crippen LogP contribution < -0.4 is 4.90 Å². The third-order valence-electron chi connectivity index (χ3n) is 3.40. The summed E-state index contributed by atoms with van der Waals surface area (Å²) in [5.74, 6) is 1.18. The van der Waals surface area contributed by atoms with E-state index in [1.807, 2.05) is 41.6 Å². The van der Waals surface area contributed by atoms with Gasteiger partial charge in [-0.2, -0.15) is 0 Å². The third kappa shape index (κ3) is 1.39. The molecule has 1 N–H and O–H groups in total. The number of anilines is 1. The number of aromatic nitrogens is 2. The van der Waals surface area contributed by atoms with Crippen LogP contribution in [0.2, 0.25) is 0 Å². The van der Waals surface area contributed by atoms with Gasteiger partial charge in [0.1, 0.15) is 5.76 Å². The van der Waals surface area contributed by atoms with Crippen molar-refractivity contribution < 1.29 is 5.11 Å². The fraction of sp³-hybridized carbons (Fsp3) is 0.0714. The van der Waals surface area contributed by atoms with Crippen molar-refractivity contribution in [2.75, 3.05) is 4.90 Å². The maximum Gasteiger partial charge on any atom is 0.226 e. The molecule has 0 amide bonds. The predicted molar refractivity (Wildman–Crippen MR) is 77.8 cm³/mol. The van der Waals surface area contributed by atoms with Crippen LogP contribution in [0, 0.1) is 0 Å². The first-order valence-electron chi connectivity index (χ1n) is 5.98. The molecule has 4 nitrogen and oxygen atoms in total. The van der Waals surface area contributed by atoms with E-state index in [0.717, 1.165) is 28.3 Å². The van der Waals surface area contributed by atoms with E-state index in [1.54, 1.807) is 18.0 Å². The summed E-state index contributed by atoms with van der Waals surface area (Å²) >= 11 is 1.59. The Bertz CT molecular complexity index is 785. The topological polar surface area (TPSA) is 41.3 Å². The van der Waals surface area contributed by atoms with Crippen LogP contribution in [0.4, 0.5) is 5.95 Å². The second-order valence-corrected chi connectivity index (χ2v) is 5.31. The molecule has 1 aromatic carbocycles. The van der Waals surface area contributed by atoms with Crippen LogP contribution in [0.1, 0.15) is 6.92 Å². The number of aliphatic hydroxyl groups is 1. The SMILES string of the molecule is CC1=C(O)C=CN2C1=CSn1c2nc2ccccc21. The molecule has 2 aliphatic rings. The Labute approximate surface area is 114 Å². The van der Waals surface area contributed by atoms with Gasteiger partial charge in [0.2, 0.25) is 5.95 Å². The van der Waals surface area contributed by atoms with Gasteiger partial charge < -0.3 is 5.11 Å². The lowest BCUT2D eigenvalue weighted by Crippen LogP contribution is -2.24. The molecule has 0 spiro atoms. The zero-order valence-corrected chi connectivity index (χ0v) is 11.1. The summed E-state index contributed by atoms with van der Waals surface area (Å²) in [7, 11) is 0. The van der Waals surface area contributed by atoms with Gasteiger partial charge in [0.15, 0.2) is 0 Å². The molecule has 0 saturated carbocycles. The van der Waals surface area contributed by atoms with Crippen molar-refractivity contribution in [2.24, 2.45) is 0 Å². The lowest BCUT2D eigenvalue weighted by atomic mass is 10.1.